The molecule has 3 N–H and O–H groups in total. The number of halogens is 1. The van der Waals surface area contributed by atoms with E-state index in [1.54, 1.807) is 0 Å². The average molecular weight is 303 g/mol. The Hall–Kier alpha value is -1.57. The lowest BCUT2D eigenvalue weighted by atomic mass is 9.97. The summed E-state index contributed by atoms with van der Waals surface area (Å²) in [4.78, 5) is 10.6. The van der Waals surface area contributed by atoms with Gasteiger partial charge in [0.2, 0.25) is 6.79 Å². The van der Waals surface area contributed by atoms with E-state index in [1.807, 2.05) is 0 Å². The van der Waals surface area contributed by atoms with Crippen LogP contribution in [0.5, 0.6) is 11.5 Å². The Morgan fingerprint density at radius 1 is 1.35 bits per heavy atom. The Balaban J connectivity index is 0.00000147. The van der Waals surface area contributed by atoms with Gasteiger partial charge in [-0.2, -0.15) is 0 Å². The van der Waals surface area contributed by atoms with Crippen molar-refractivity contribution in [2.75, 3.05) is 6.79 Å². The van der Waals surface area contributed by atoms with Gasteiger partial charge in [-0.3, -0.25) is 10.1 Å². The SMILES string of the molecule is Cl.N[C@H](c1cc2c(cc1[N+](=O)[O-])OCO2)[C@@H](O)C1CC1. The minimum Gasteiger partial charge on any atom is -0.454 e. The fraction of sp³-hybridized carbons (Fsp3) is 0.500. The minimum atomic E-state index is -0.789. The summed E-state index contributed by atoms with van der Waals surface area (Å²) in [5.41, 5.74) is 6.10. The molecule has 1 fully saturated rings. The summed E-state index contributed by atoms with van der Waals surface area (Å²) in [6.45, 7) is 0.0381. The molecule has 0 bridgehead atoms. The van der Waals surface area contributed by atoms with Crippen molar-refractivity contribution in [3.05, 3.63) is 27.8 Å². The maximum atomic E-state index is 11.1. The third kappa shape index (κ3) is 2.52. The van der Waals surface area contributed by atoms with Gasteiger partial charge in [-0.15, -0.1) is 12.4 Å². The van der Waals surface area contributed by atoms with Crippen LogP contribution in [0.4, 0.5) is 5.69 Å². The molecule has 2 aliphatic rings. The number of hydrogen-bond donors (Lipinski definition) is 2. The zero-order valence-corrected chi connectivity index (χ0v) is 11.3. The van der Waals surface area contributed by atoms with E-state index >= 15 is 0 Å². The lowest BCUT2D eigenvalue weighted by molar-refractivity contribution is -0.385. The maximum absolute atomic E-state index is 11.1. The highest BCUT2D eigenvalue weighted by atomic mass is 35.5. The Labute approximate surface area is 121 Å². The molecule has 0 unspecified atom stereocenters. The molecule has 2 atom stereocenters. The first-order chi connectivity index (χ1) is 9.08. The van der Waals surface area contributed by atoms with Crippen molar-refractivity contribution in [3.8, 4) is 11.5 Å². The van der Waals surface area contributed by atoms with Crippen LogP contribution in [-0.2, 0) is 0 Å². The van der Waals surface area contributed by atoms with Crippen LogP contribution in [0.15, 0.2) is 12.1 Å². The van der Waals surface area contributed by atoms with E-state index < -0.39 is 17.1 Å². The number of rotatable bonds is 4. The summed E-state index contributed by atoms with van der Waals surface area (Å²) in [6, 6.07) is 2.01. The van der Waals surface area contributed by atoms with Gasteiger partial charge in [0.05, 0.1) is 28.7 Å². The van der Waals surface area contributed by atoms with Crippen LogP contribution in [-0.4, -0.2) is 22.9 Å². The van der Waals surface area contributed by atoms with Crippen LogP contribution in [0.2, 0.25) is 0 Å². The van der Waals surface area contributed by atoms with Gasteiger partial charge in [0, 0.05) is 0 Å². The predicted molar refractivity (Wildman–Crippen MR) is 72.1 cm³/mol. The number of benzene rings is 1. The Bertz CT molecular complexity index is 535. The monoisotopic (exact) mass is 302 g/mol. The Morgan fingerprint density at radius 2 is 1.95 bits per heavy atom. The lowest BCUT2D eigenvalue weighted by Gasteiger charge is -2.19. The molecule has 1 saturated carbocycles. The van der Waals surface area contributed by atoms with E-state index in [1.165, 1.54) is 12.1 Å². The lowest BCUT2D eigenvalue weighted by Crippen LogP contribution is -2.28. The van der Waals surface area contributed by atoms with Crippen molar-refractivity contribution in [1.82, 2.24) is 0 Å². The molecule has 0 spiro atoms. The number of nitrogens with zero attached hydrogens (tertiary/aromatic N) is 1. The summed E-state index contributed by atoms with van der Waals surface area (Å²) in [5, 5.41) is 21.2. The first-order valence-electron chi connectivity index (χ1n) is 6.09. The molecule has 1 aromatic carbocycles. The van der Waals surface area contributed by atoms with Crippen LogP contribution < -0.4 is 15.2 Å². The van der Waals surface area contributed by atoms with Gasteiger partial charge < -0.3 is 20.3 Å². The van der Waals surface area contributed by atoms with Gasteiger partial charge in [0.1, 0.15) is 0 Å². The number of nitro groups is 1. The molecule has 3 rings (SSSR count). The van der Waals surface area contributed by atoms with Gasteiger partial charge in [-0.25, -0.2) is 0 Å². The third-order valence-electron chi connectivity index (χ3n) is 3.55. The first kappa shape index (κ1) is 14.8. The predicted octanol–water partition coefficient (Wildman–Crippen LogP) is 1.52. The van der Waals surface area contributed by atoms with Crippen LogP contribution in [0.25, 0.3) is 0 Å². The summed E-state index contributed by atoms with van der Waals surface area (Å²) < 4.78 is 10.3. The molecule has 7 nitrogen and oxygen atoms in total. The van der Waals surface area contributed by atoms with E-state index in [9.17, 15) is 15.2 Å². The summed E-state index contributed by atoms with van der Waals surface area (Å²) >= 11 is 0. The summed E-state index contributed by atoms with van der Waals surface area (Å²) in [6.07, 6.45) is 1.06. The molecule has 1 aliphatic heterocycles. The second kappa shape index (κ2) is 5.43. The average Bonchev–Trinajstić information content (AvgIpc) is 3.14. The highest BCUT2D eigenvalue weighted by molar-refractivity contribution is 5.85. The van der Waals surface area contributed by atoms with Gasteiger partial charge >= 0.3 is 0 Å². The molecule has 1 aliphatic carbocycles. The molecule has 8 heteroatoms. The van der Waals surface area contributed by atoms with E-state index in [0.29, 0.717) is 11.5 Å². The van der Waals surface area contributed by atoms with Crippen molar-refractivity contribution in [2.24, 2.45) is 11.7 Å². The van der Waals surface area contributed by atoms with Gasteiger partial charge in [0.25, 0.3) is 5.69 Å². The Kier molecular flexibility index (Phi) is 4.03. The quantitative estimate of drug-likeness (QED) is 0.645. The first-order valence-corrected chi connectivity index (χ1v) is 6.09. The fourth-order valence-corrected chi connectivity index (χ4v) is 2.29. The second-order valence-electron chi connectivity index (χ2n) is 4.88. The molecule has 0 saturated heterocycles. The number of nitrogens with two attached hydrogens (primary N) is 1. The molecule has 1 aromatic rings. The highest BCUT2D eigenvalue weighted by Gasteiger charge is 2.37. The molecule has 0 aromatic heterocycles. The highest BCUT2D eigenvalue weighted by Crippen LogP contribution is 2.43. The summed E-state index contributed by atoms with van der Waals surface area (Å²) in [5.74, 6) is 0.905. The van der Waals surface area contributed by atoms with Crippen molar-refractivity contribution in [3.63, 3.8) is 0 Å². The maximum Gasteiger partial charge on any atom is 0.278 e. The van der Waals surface area contributed by atoms with E-state index in [-0.39, 0.29) is 36.4 Å². The van der Waals surface area contributed by atoms with Crippen LogP contribution >= 0.6 is 12.4 Å². The van der Waals surface area contributed by atoms with Crippen molar-refractivity contribution in [2.45, 2.75) is 25.0 Å². The van der Waals surface area contributed by atoms with Crippen molar-refractivity contribution < 1.29 is 19.5 Å². The molecule has 1 heterocycles. The zero-order valence-electron chi connectivity index (χ0n) is 10.5. The second-order valence-corrected chi connectivity index (χ2v) is 4.88. The van der Waals surface area contributed by atoms with E-state index in [2.05, 4.69) is 0 Å². The van der Waals surface area contributed by atoms with Gasteiger partial charge in [-0.05, 0) is 24.8 Å². The molecular formula is C12H15ClN2O5. The van der Waals surface area contributed by atoms with Gasteiger partial charge in [0.15, 0.2) is 11.5 Å². The van der Waals surface area contributed by atoms with Crippen LogP contribution in [0.3, 0.4) is 0 Å². The van der Waals surface area contributed by atoms with Crippen molar-refractivity contribution >= 4 is 18.1 Å². The smallest absolute Gasteiger partial charge is 0.278 e. The molecule has 0 radical (unpaired) electrons. The topological polar surface area (TPSA) is 108 Å². The van der Waals surface area contributed by atoms with Crippen molar-refractivity contribution in [1.29, 1.82) is 0 Å². The van der Waals surface area contributed by atoms with E-state index in [0.717, 1.165) is 12.8 Å². The fourth-order valence-electron chi connectivity index (χ4n) is 2.29. The van der Waals surface area contributed by atoms with E-state index in [4.69, 9.17) is 15.2 Å². The number of aliphatic hydroxyl groups excluding tert-OH is 1. The normalized spacial score (nSPS) is 19.1. The Morgan fingerprint density at radius 3 is 2.50 bits per heavy atom. The molecule has 0 amide bonds. The number of ether oxygens (including phenoxy) is 2. The number of aliphatic hydroxyl groups is 1. The summed E-state index contributed by atoms with van der Waals surface area (Å²) in [7, 11) is 0. The molecule has 110 valence electrons. The largest absolute Gasteiger partial charge is 0.454 e. The molecule has 20 heavy (non-hydrogen) atoms. The minimum absolute atomic E-state index is 0. The number of fused-ring (bicyclic) bond motifs is 1. The zero-order chi connectivity index (χ0) is 13.6. The number of nitro benzene ring substituents is 1. The van der Waals surface area contributed by atoms with Gasteiger partial charge in [-0.1, -0.05) is 0 Å². The van der Waals surface area contributed by atoms with Crippen LogP contribution in [0.1, 0.15) is 24.4 Å². The standard InChI is InChI=1S/C12H14N2O5.ClH/c13-11(12(15)6-1-2-6)7-3-9-10(19-5-18-9)4-8(7)14(16)17;/h3-4,6,11-12,15H,1-2,5,13H2;1H/t11-,12+;/m1./s1. The number of hydrogen-bond acceptors (Lipinski definition) is 6. The molecular weight excluding hydrogens is 288 g/mol. The third-order valence-corrected chi connectivity index (χ3v) is 3.55. The van der Waals surface area contributed by atoms with Crippen LogP contribution in [0, 0.1) is 16.0 Å².